The molecule has 1 aliphatic heterocycles. The van der Waals surface area contributed by atoms with Crippen molar-refractivity contribution < 1.29 is 0 Å². The van der Waals surface area contributed by atoms with Gasteiger partial charge in [0.2, 0.25) is 5.95 Å². The fourth-order valence-electron chi connectivity index (χ4n) is 5.09. The minimum absolute atomic E-state index is 0.0413. The Morgan fingerprint density at radius 2 is 1.97 bits per heavy atom. The summed E-state index contributed by atoms with van der Waals surface area (Å²) in [5, 5.41) is 25.4. The molecule has 3 aromatic rings. The second-order valence-corrected chi connectivity index (χ2v) is 9.12. The molecular formula is C25H28N8O. The third-order valence-corrected chi connectivity index (χ3v) is 6.93. The summed E-state index contributed by atoms with van der Waals surface area (Å²) in [7, 11) is 0. The monoisotopic (exact) mass is 456 g/mol. The molecule has 9 heteroatoms. The first kappa shape index (κ1) is 22.0. The lowest BCUT2D eigenvalue weighted by Gasteiger charge is -2.24. The van der Waals surface area contributed by atoms with Gasteiger partial charge >= 0.3 is 0 Å². The molecule has 0 bridgehead atoms. The van der Waals surface area contributed by atoms with Crippen LogP contribution in [0.3, 0.4) is 0 Å². The highest BCUT2D eigenvalue weighted by Crippen LogP contribution is 2.31. The third-order valence-electron chi connectivity index (χ3n) is 6.93. The molecule has 0 amide bonds. The molecule has 1 saturated heterocycles. The van der Waals surface area contributed by atoms with Crippen molar-refractivity contribution in [1.82, 2.24) is 19.9 Å². The molecule has 3 heterocycles. The van der Waals surface area contributed by atoms with Crippen LogP contribution in [0.1, 0.15) is 55.7 Å². The van der Waals surface area contributed by atoms with Crippen molar-refractivity contribution >= 4 is 34.1 Å². The van der Waals surface area contributed by atoms with Crippen molar-refractivity contribution in [3.05, 3.63) is 51.9 Å². The number of nitriles is 1. The highest BCUT2D eigenvalue weighted by atomic mass is 16.1. The van der Waals surface area contributed by atoms with Crippen molar-refractivity contribution in [3.8, 4) is 6.07 Å². The van der Waals surface area contributed by atoms with Gasteiger partial charge in [0, 0.05) is 46.2 Å². The fraction of sp³-hybridized carbons (Fsp3) is 0.400. The molecule has 0 radical (unpaired) electrons. The largest absolute Gasteiger partial charge is 0.398 e. The van der Waals surface area contributed by atoms with E-state index in [0.717, 1.165) is 62.9 Å². The van der Waals surface area contributed by atoms with E-state index in [1.54, 1.807) is 22.9 Å². The molecule has 1 aliphatic carbocycles. The molecule has 0 spiro atoms. The van der Waals surface area contributed by atoms with Gasteiger partial charge < -0.3 is 21.8 Å². The molecule has 34 heavy (non-hydrogen) atoms. The predicted molar refractivity (Wildman–Crippen MR) is 133 cm³/mol. The number of hydrogen-bond donors (Lipinski definition) is 4. The Kier molecular flexibility index (Phi) is 5.99. The number of nitrogen functional groups attached to an aromatic ring is 1. The van der Waals surface area contributed by atoms with Gasteiger partial charge in [-0.15, -0.1) is 0 Å². The summed E-state index contributed by atoms with van der Waals surface area (Å²) >= 11 is 0. The summed E-state index contributed by atoms with van der Waals surface area (Å²) in [5.74, 6) is 0.540. The average molecular weight is 457 g/mol. The van der Waals surface area contributed by atoms with Gasteiger partial charge in [-0.2, -0.15) is 10.2 Å². The summed E-state index contributed by atoms with van der Waals surface area (Å²) in [6.45, 7) is 1.82. The van der Waals surface area contributed by atoms with Crippen LogP contribution in [-0.4, -0.2) is 33.3 Å². The van der Waals surface area contributed by atoms with Crippen LogP contribution in [0.15, 0.2) is 35.3 Å². The fourth-order valence-corrected chi connectivity index (χ4v) is 5.09. The number of anilines is 3. The number of piperidine rings is 1. The molecule has 174 valence electrons. The molecule has 5 rings (SSSR count). The maximum atomic E-state index is 13.0. The number of nitrogens with one attached hydrogen (secondary N) is 3. The number of aromatic nitrogens is 3. The van der Waals surface area contributed by atoms with Crippen molar-refractivity contribution in [3.63, 3.8) is 0 Å². The number of benzene rings is 1. The molecule has 2 fully saturated rings. The first-order valence-electron chi connectivity index (χ1n) is 11.8. The lowest BCUT2D eigenvalue weighted by molar-refractivity contribution is 0.456. The second-order valence-electron chi connectivity index (χ2n) is 9.12. The molecule has 2 aliphatic rings. The van der Waals surface area contributed by atoms with Crippen molar-refractivity contribution in [1.29, 1.82) is 10.7 Å². The normalized spacial score (nSPS) is 17.0. The standard InChI is InChI=1S/C25H28N8O/c26-13-16-11-17-14-30-25(32-23(17)33(24(16)34)19-3-1-2-4-19)31-18-5-6-21(27)20(12-18)22(28)15-7-9-29-10-8-15/h5-6,11-12,14-15,19,28-29H,1-4,7-10,27H2,(H,30,31,32). The van der Waals surface area contributed by atoms with Crippen LogP contribution in [0.25, 0.3) is 11.0 Å². The molecule has 1 saturated carbocycles. The minimum atomic E-state index is -0.295. The minimum Gasteiger partial charge on any atom is -0.398 e. The van der Waals surface area contributed by atoms with Gasteiger partial charge in [0.05, 0.1) is 0 Å². The number of hydrogen-bond acceptors (Lipinski definition) is 8. The smallest absolute Gasteiger partial charge is 0.270 e. The topological polar surface area (TPSA) is 146 Å². The molecule has 5 N–H and O–H groups in total. The van der Waals surface area contributed by atoms with Crippen LogP contribution < -0.4 is 21.9 Å². The van der Waals surface area contributed by atoms with E-state index in [0.29, 0.717) is 28.4 Å². The molecule has 0 unspecified atom stereocenters. The third kappa shape index (κ3) is 4.13. The zero-order valence-electron chi connectivity index (χ0n) is 19.0. The quantitative estimate of drug-likeness (QED) is 0.340. The SMILES string of the molecule is N#Cc1cc2cnc(Nc3ccc(N)c(C(=N)C4CCNCC4)c3)nc2n(C2CCCC2)c1=O. The van der Waals surface area contributed by atoms with E-state index < -0.39 is 0 Å². The molecule has 0 atom stereocenters. The number of pyridine rings is 1. The van der Waals surface area contributed by atoms with E-state index in [4.69, 9.17) is 11.1 Å². The van der Waals surface area contributed by atoms with Gasteiger partial charge in [0.15, 0.2) is 0 Å². The van der Waals surface area contributed by atoms with Gasteiger partial charge in [-0.25, -0.2) is 4.98 Å². The van der Waals surface area contributed by atoms with Gasteiger partial charge in [-0.1, -0.05) is 12.8 Å². The van der Waals surface area contributed by atoms with Crippen LogP contribution >= 0.6 is 0 Å². The number of fused-ring (bicyclic) bond motifs is 1. The highest BCUT2D eigenvalue weighted by molar-refractivity contribution is 6.05. The Hall–Kier alpha value is -3.77. The summed E-state index contributed by atoms with van der Waals surface area (Å²) in [6.07, 6.45) is 7.41. The summed E-state index contributed by atoms with van der Waals surface area (Å²) in [5.41, 5.74) is 9.15. The van der Waals surface area contributed by atoms with Crippen molar-refractivity contribution in [2.75, 3.05) is 24.1 Å². The Balaban J connectivity index is 1.50. The maximum Gasteiger partial charge on any atom is 0.270 e. The number of nitrogens with two attached hydrogens (primary N) is 1. The molecule has 2 aromatic heterocycles. The van der Waals surface area contributed by atoms with Crippen LogP contribution in [0.2, 0.25) is 0 Å². The van der Waals surface area contributed by atoms with Crippen LogP contribution in [0.4, 0.5) is 17.3 Å². The molecular weight excluding hydrogens is 428 g/mol. The number of rotatable bonds is 5. The van der Waals surface area contributed by atoms with E-state index in [1.165, 1.54) is 0 Å². The highest BCUT2D eigenvalue weighted by Gasteiger charge is 2.23. The van der Waals surface area contributed by atoms with E-state index in [2.05, 4.69) is 20.6 Å². The van der Waals surface area contributed by atoms with Crippen LogP contribution in [0.5, 0.6) is 0 Å². The summed E-state index contributed by atoms with van der Waals surface area (Å²) < 4.78 is 1.68. The second kappa shape index (κ2) is 9.23. The summed E-state index contributed by atoms with van der Waals surface area (Å²) in [6, 6.07) is 9.12. The van der Waals surface area contributed by atoms with Gasteiger partial charge in [0.1, 0.15) is 17.3 Å². The first-order chi connectivity index (χ1) is 16.5. The summed E-state index contributed by atoms with van der Waals surface area (Å²) in [4.78, 5) is 22.1. The van der Waals surface area contributed by atoms with Crippen LogP contribution in [-0.2, 0) is 0 Å². The Morgan fingerprint density at radius 1 is 1.21 bits per heavy atom. The van der Waals surface area contributed by atoms with Gasteiger partial charge in [0.25, 0.3) is 5.56 Å². The van der Waals surface area contributed by atoms with E-state index in [1.807, 2.05) is 18.2 Å². The molecule has 9 nitrogen and oxygen atoms in total. The molecule has 1 aromatic carbocycles. The van der Waals surface area contributed by atoms with Gasteiger partial charge in [-0.3, -0.25) is 9.36 Å². The van der Waals surface area contributed by atoms with E-state index in [-0.39, 0.29) is 23.1 Å². The Bertz CT molecular complexity index is 1340. The zero-order chi connectivity index (χ0) is 23.7. The predicted octanol–water partition coefficient (Wildman–Crippen LogP) is 3.47. The maximum absolute atomic E-state index is 13.0. The van der Waals surface area contributed by atoms with Crippen LogP contribution in [0, 0.1) is 22.7 Å². The Morgan fingerprint density at radius 3 is 2.71 bits per heavy atom. The van der Waals surface area contributed by atoms with Crippen molar-refractivity contribution in [2.24, 2.45) is 5.92 Å². The average Bonchev–Trinajstić information content (AvgIpc) is 3.39. The number of nitrogens with zero attached hydrogens (tertiary/aromatic N) is 4. The lowest BCUT2D eigenvalue weighted by Crippen LogP contribution is -2.32. The van der Waals surface area contributed by atoms with E-state index in [9.17, 15) is 10.1 Å². The van der Waals surface area contributed by atoms with Crippen molar-refractivity contribution in [2.45, 2.75) is 44.6 Å². The van der Waals surface area contributed by atoms with Gasteiger partial charge in [-0.05, 0) is 63.0 Å². The lowest BCUT2D eigenvalue weighted by atomic mass is 9.88. The van der Waals surface area contributed by atoms with E-state index >= 15 is 0 Å². The first-order valence-corrected chi connectivity index (χ1v) is 11.8. The Labute approximate surface area is 197 Å². The zero-order valence-corrected chi connectivity index (χ0v) is 19.0.